The van der Waals surface area contributed by atoms with Gasteiger partial charge in [-0.2, -0.15) is 13.2 Å². The van der Waals surface area contributed by atoms with Crippen LogP contribution in [0.2, 0.25) is 0 Å². The van der Waals surface area contributed by atoms with Crippen molar-refractivity contribution in [2.24, 2.45) is 0 Å². The van der Waals surface area contributed by atoms with E-state index in [0.717, 1.165) is 0 Å². The van der Waals surface area contributed by atoms with E-state index >= 15 is 0 Å². The van der Waals surface area contributed by atoms with Crippen molar-refractivity contribution in [1.29, 1.82) is 0 Å². The van der Waals surface area contributed by atoms with Gasteiger partial charge in [-0.15, -0.1) is 0 Å². The lowest BCUT2D eigenvalue weighted by atomic mass is 9.93. The first kappa shape index (κ1) is 11.3. The van der Waals surface area contributed by atoms with Crippen LogP contribution in [-0.2, 0) is 4.79 Å². The van der Waals surface area contributed by atoms with Gasteiger partial charge in [-0.3, -0.25) is 4.79 Å². The highest BCUT2D eigenvalue weighted by atomic mass is 19.4. The highest BCUT2D eigenvalue weighted by molar-refractivity contribution is 5.81. The Kier molecular flexibility index (Phi) is 3.36. The molecule has 1 amide bonds. The zero-order valence-electron chi connectivity index (χ0n) is 7.47. The molecule has 1 aliphatic carbocycles. The van der Waals surface area contributed by atoms with Crippen molar-refractivity contribution in [1.82, 2.24) is 5.32 Å². The molecular weight excluding hydrogens is 199 g/mol. The quantitative estimate of drug-likeness (QED) is 0.679. The molecule has 1 aliphatic rings. The Morgan fingerprint density at radius 2 is 2.00 bits per heavy atom. The molecule has 0 aromatic rings. The molecular formula is C8H12F3NO2. The van der Waals surface area contributed by atoms with Crippen molar-refractivity contribution in [3.8, 4) is 0 Å². The van der Waals surface area contributed by atoms with Gasteiger partial charge >= 0.3 is 12.1 Å². The summed E-state index contributed by atoms with van der Waals surface area (Å²) in [5.41, 5.74) is 0. The molecule has 0 bridgehead atoms. The molecule has 2 N–H and O–H groups in total. The molecule has 0 saturated heterocycles. The van der Waals surface area contributed by atoms with Crippen LogP contribution in [0.1, 0.15) is 25.7 Å². The average molecular weight is 211 g/mol. The fourth-order valence-corrected chi connectivity index (χ4v) is 1.56. The summed E-state index contributed by atoms with van der Waals surface area (Å²) < 4.78 is 35.5. The number of aliphatic hydroxyl groups excluding tert-OH is 1. The average Bonchev–Trinajstić information content (AvgIpc) is 2.02. The Morgan fingerprint density at radius 3 is 2.50 bits per heavy atom. The largest absolute Gasteiger partial charge is 0.471 e. The minimum Gasteiger partial charge on any atom is -0.393 e. The molecule has 0 spiro atoms. The molecule has 0 aliphatic heterocycles. The molecule has 82 valence electrons. The van der Waals surface area contributed by atoms with Gasteiger partial charge in [0.1, 0.15) is 0 Å². The van der Waals surface area contributed by atoms with E-state index in [0.29, 0.717) is 19.3 Å². The van der Waals surface area contributed by atoms with Gasteiger partial charge in [-0.25, -0.2) is 0 Å². The van der Waals surface area contributed by atoms with Crippen LogP contribution in [0.4, 0.5) is 13.2 Å². The molecule has 0 heterocycles. The molecule has 1 saturated carbocycles. The van der Waals surface area contributed by atoms with Crippen molar-refractivity contribution in [2.45, 2.75) is 44.0 Å². The first-order valence-corrected chi connectivity index (χ1v) is 4.45. The van der Waals surface area contributed by atoms with Gasteiger partial charge < -0.3 is 10.4 Å². The number of hydrogen-bond acceptors (Lipinski definition) is 2. The first-order valence-electron chi connectivity index (χ1n) is 4.45. The highest BCUT2D eigenvalue weighted by Crippen LogP contribution is 2.20. The second kappa shape index (κ2) is 4.16. The lowest BCUT2D eigenvalue weighted by Gasteiger charge is -2.26. The first-order chi connectivity index (χ1) is 6.39. The Labute approximate surface area is 79.3 Å². The number of nitrogens with one attached hydrogen (secondary N) is 1. The lowest BCUT2D eigenvalue weighted by molar-refractivity contribution is -0.174. The normalized spacial score (nSPS) is 28.6. The number of carbonyl (C=O) groups is 1. The molecule has 6 heteroatoms. The van der Waals surface area contributed by atoms with E-state index in [2.05, 4.69) is 0 Å². The maximum Gasteiger partial charge on any atom is 0.471 e. The summed E-state index contributed by atoms with van der Waals surface area (Å²) in [5, 5.41) is 11.0. The van der Waals surface area contributed by atoms with Crippen LogP contribution < -0.4 is 5.32 Å². The number of hydrogen-bond donors (Lipinski definition) is 2. The van der Waals surface area contributed by atoms with Crippen molar-refractivity contribution in [3.63, 3.8) is 0 Å². The van der Waals surface area contributed by atoms with E-state index in [4.69, 9.17) is 5.11 Å². The van der Waals surface area contributed by atoms with Gasteiger partial charge in [-0.05, 0) is 25.7 Å². The second-order valence-electron chi connectivity index (χ2n) is 3.49. The Bertz CT molecular complexity index is 217. The Balaban J connectivity index is 2.40. The smallest absolute Gasteiger partial charge is 0.393 e. The molecule has 0 aromatic carbocycles. The third-order valence-corrected chi connectivity index (χ3v) is 2.24. The van der Waals surface area contributed by atoms with Crippen LogP contribution in [0.3, 0.4) is 0 Å². The predicted octanol–water partition coefficient (Wildman–Crippen LogP) is 0.968. The SMILES string of the molecule is O=C(NC1CCC[C@H](O)C1)C(F)(F)F. The zero-order valence-corrected chi connectivity index (χ0v) is 7.47. The molecule has 3 nitrogen and oxygen atoms in total. The monoisotopic (exact) mass is 211 g/mol. The van der Waals surface area contributed by atoms with E-state index in [1.54, 1.807) is 0 Å². The van der Waals surface area contributed by atoms with E-state index in [9.17, 15) is 18.0 Å². The predicted molar refractivity (Wildman–Crippen MR) is 42.5 cm³/mol. The third-order valence-electron chi connectivity index (χ3n) is 2.24. The summed E-state index contributed by atoms with van der Waals surface area (Å²) in [6.07, 6.45) is -3.48. The molecule has 14 heavy (non-hydrogen) atoms. The number of halogens is 3. The minimum atomic E-state index is -4.83. The fraction of sp³-hybridized carbons (Fsp3) is 0.875. The van der Waals surface area contributed by atoms with Gasteiger partial charge in [-0.1, -0.05) is 0 Å². The molecule has 1 unspecified atom stereocenters. The number of alkyl halides is 3. The fourth-order valence-electron chi connectivity index (χ4n) is 1.56. The van der Waals surface area contributed by atoms with Gasteiger partial charge in [0.25, 0.3) is 0 Å². The van der Waals surface area contributed by atoms with Crippen molar-refractivity contribution in [3.05, 3.63) is 0 Å². The van der Waals surface area contributed by atoms with Gasteiger partial charge in [0.15, 0.2) is 0 Å². The summed E-state index contributed by atoms with van der Waals surface area (Å²) in [6, 6.07) is -0.548. The number of rotatable bonds is 1. The van der Waals surface area contributed by atoms with Crippen LogP contribution in [0.15, 0.2) is 0 Å². The number of carbonyl (C=O) groups excluding carboxylic acids is 1. The lowest BCUT2D eigenvalue weighted by Crippen LogP contribution is -2.45. The van der Waals surface area contributed by atoms with Crippen LogP contribution in [0, 0.1) is 0 Å². The second-order valence-corrected chi connectivity index (χ2v) is 3.49. The molecule has 1 rings (SSSR count). The summed E-state index contributed by atoms with van der Waals surface area (Å²) in [5.74, 6) is -1.92. The summed E-state index contributed by atoms with van der Waals surface area (Å²) in [7, 11) is 0. The van der Waals surface area contributed by atoms with Crippen LogP contribution in [-0.4, -0.2) is 29.3 Å². The Hall–Kier alpha value is -0.780. The topological polar surface area (TPSA) is 49.3 Å². The van der Waals surface area contributed by atoms with E-state index in [1.807, 2.05) is 5.32 Å². The molecule has 1 fully saturated rings. The number of aliphatic hydroxyl groups is 1. The van der Waals surface area contributed by atoms with Gasteiger partial charge in [0, 0.05) is 6.04 Å². The van der Waals surface area contributed by atoms with Crippen molar-refractivity contribution < 1.29 is 23.1 Å². The highest BCUT2D eigenvalue weighted by Gasteiger charge is 2.40. The van der Waals surface area contributed by atoms with Crippen molar-refractivity contribution in [2.75, 3.05) is 0 Å². The van der Waals surface area contributed by atoms with Crippen LogP contribution in [0.25, 0.3) is 0 Å². The minimum absolute atomic E-state index is 0.210. The van der Waals surface area contributed by atoms with E-state index in [-0.39, 0.29) is 6.42 Å². The molecule has 0 radical (unpaired) electrons. The van der Waals surface area contributed by atoms with Crippen molar-refractivity contribution >= 4 is 5.91 Å². The van der Waals surface area contributed by atoms with Gasteiger partial charge in [0.05, 0.1) is 6.10 Å². The van der Waals surface area contributed by atoms with E-state index < -0.39 is 24.2 Å². The van der Waals surface area contributed by atoms with E-state index in [1.165, 1.54) is 0 Å². The van der Waals surface area contributed by atoms with Crippen LogP contribution in [0.5, 0.6) is 0 Å². The zero-order chi connectivity index (χ0) is 10.8. The maximum atomic E-state index is 11.8. The summed E-state index contributed by atoms with van der Waals surface area (Å²) in [4.78, 5) is 10.5. The standard InChI is InChI=1S/C8H12F3NO2/c9-8(10,11)7(14)12-5-2-1-3-6(13)4-5/h5-6,13H,1-4H2,(H,12,14)/t5?,6-/m0/s1. The molecule has 2 atom stereocenters. The summed E-state index contributed by atoms with van der Waals surface area (Å²) in [6.45, 7) is 0. The van der Waals surface area contributed by atoms with Gasteiger partial charge in [0.2, 0.25) is 0 Å². The Morgan fingerprint density at radius 1 is 1.36 bits per heavy atom. The third kappa shape index (κ3) is 3.17. The molecule has 0 aromatic heterocycles. The maximum absolute atomic E-state index is 11.8. The number of amides is 1. The summed E-state index contributed by atoms with van der Waals surface area (Å²) >= 11 is 0. The van der Waals surface area contributed by atoms with Crippen LogP contribution >= 0.6 is 0 Å².